The number of aryl methyl sites for hydroxylation is 1. The minimum absolute atomic E-state index is 0.0448. The van der Waals surface area contributed by atoms with Crippen LogP contribution in [0.2, 0.25) is 0 Å². The van der Waals surface area contributed by atoms with E-state index in [2.05, 4.69) is 19.2 Å². The molecule has 0 aromatic heterocycles. The van der Waals surface area contributed by atoms with Crippen molar-refractivity contribution in [1.29, 1.82) is 0 Å². The van der Waals surface area contributed by atoms with Crippen LogP contribution in [0.5, 0.6) is 0 Å². The number of carbonyl (C=O) groups is 3. The minimum Gasteiger partial charge on any atom is -0.355 e. The number of nitrogens with zero attached hydrogens (tertiary/aromatic N) is 1. The third-order valence-electron chi connectivity index (χ3n) is 3.92. The van der Waals surface area contributed by atoms with Crippen molar-refractivity contribution >= 4 is 29.4 Å². The van der Waals surface area contributed by atoms with Gasteiger partial charge in [0.2, 0.25) is 11.8 Å². The summed E-state index contributed by atoms with van der Waals surface area (Å²) in [5.74, 6) is 0.261. The number of benzene rings is 1. The Kier molecular flexibility index (Phi) is 6.82. The van der Waals surface area contributed by atoms with Gasteiger partial charge in [-0.2, -0.15) is 0 Å². The Morgan fingerprint density at radius 3 is 2.72 bits per heavy atom. The monoisotopic (exact) mass is 360 g/mol. The van der Waals surface area contributed by atoms with E-state index in [1.54, 1.807) is 6.07 Å². The summed E-state index contributed by atoms with van der Waals surface area (Å²) in [6.45, 7) is 6.60. The second-order valence-corrected chi connectivity index (χ2v) is 7.46. The van der Waals surface area contributed by atoms with E-state index in [0.717, 1.165) is 12.0 Å². The summed E-state index contributed by atoms with van der Waals surface area (Å²) >= 11 is 1.29. The lowest BCUT2D eigenvalue weighted by atomic mass is 10.1. The normalized spacial score (nSPS) is 15.9. The molecule has 0 atom stereocenters. The topological polar surface area (TPSA) is 66.5 Å². The molecule has 1 aliphatic heterocycles. The largest absolute Gasteiger partial charge is 0.355 e. The number of ketones is 1. The lowest BCUT2D eigenvalue weighted by Gasteiger charge is -2.17. The van der Waals surface area contributed by atoms with Crippen LogP contribution < -0.4 is 5.32 Å². The fraction of sp³-hybridized carbons (Fsp3) is 0.421. The molecule has 1 aromatic rings. The Morgan fingerprint density at radius 1 is 1.32 bits per heavy atom. The van der Waals surface area contributed by atoms with E-state index in [0.29, 0.717) is 23.1 Å². The van der Waals surface area contributed by atoms with Crippen LogP contribution >= 0.6 is 11.8 Å². The third-order valence-corrected chi connectivity index (χ3v) is 4.95. The molecule has 25 heavy (non-hydrogen) atoms. The molecule has 0 bridgehead atoms. The van der Waals surface area contributed by atoms with Crippen LogP contribution in [0.15, 0.2) is 35.4 Å². The molecule has 6 heteroatoms. The standard InChI is InChI=1S/C19H24N2O3S/c1-13(2)8-9-20-17(23)11-21-18(24)12-25-19(21)10-16(22)15-7-5-4-6-14(15)3/h4-7,10,13H,8-9,11-12H2,1-3H3,(H,20,23)/b19-10-. The van der Waals surface area contributed by atoms with Gasteiger partial charge in [0.05, 0.1) is 10.8 Å². The molecule has 0 unspecified atom stereocenters. The van der Waals surface area contributed by atoms with Crippen molar-refractivity contribution < 1.29 is 14.4 Å². The minimum atomic E-state index is -0.203. The summed E-state index contributed by atoms with van der Waals surface area (Å²) in [5.41, 5.74) is 1.49. The van der Waals surface area contributed by atoms with Crippen LogP contribution in [-0.4, -0.2) is 41.3 Å². The first kappa shape index (κ1) is 19.2. The van der Waals surface area contributed by atoms with E-state index in [-0.39, 0.29) is 29.9 Å². The number of rotatable bonds is 7. The fourth-order valence-corrected chi connectivity index (χ4v) is 3.38. The Hall–Kier alpha value is -2.08. The Balaban J connectivity index is 2.04. The predicted octanol–water partition coefficient (Wildman–Crippen LogP) is 2.76. The molecular weight excluding hydrogens is 336 g/mol. The third kappa shape index (κ3) is 5.46. The highest BCUT2D eigenvalue weighted by Crippen LogP contribution is 2.29. The second kappa shape index (κ2) is 8.85. The zero-order valence-electron chi connectivity index (χ0n) is 14.9. The van der Waals surface area contributed by atoms with Crippen molar-refractivity contribution in [2.75, 3.05) is 18.8 Å². The molecule has 5 nitrogen and oxygen atoms in total. The van der Waals surface area contributed by atoms with Crippen molar-refractivity contribution in [3.8, 4) is 0 Å². The van der Waals surface area contributed by atoms with E-state index in [1.165, 1.54) is 22.7 Å². The number of nitrogens with one attached hydrogen (secondary N) is 1. The number of thioether (sulfide) groups is 1. The van der Waals surface area contributed by atoms with Crippen molar-refractivity contribution in [3.05, 3.63) is 46.5 Å². The Morgan fingerprint density at radius 2 is 2.04 bits per heavy atom. The summed E-state index contributed by atoms with van der Waals surface area (Å²) in [6, 6.07) is 7.32. The van der Waals surface area contributed by atoms with Gasteiger partial charge in [-0.05, 0) is 24.8 Å². The van der Waals surface area contributed by atoms with Crippen molar-refractivity contribution in [3.63, 3.8) is 0 Å². The first-order valence-electron chi connectivity index (χ1n) is 8.40. The highest BCUT2D eigenvalue weighted by atomic mass is 32.2. The summed E-state index contributed by atoms with van der Waals surface area (Å²) in [6.07, 6.45) is 2.35. The molecule has 134 valence electrons. The SMILES string of the molecule is Cc1ccccc1C(=O)/C=C1\SCC(=O)N1CC(=O)NCCC(C)C. The maximum Gasteiger partial charge on any atom is 0.240 e. The van der Waals surface area contributed by atoms with E-state index in [9.17, 15) is 14.4 Å². The summed E-state index contributed by atoms with van der Waals surface area (Å²) < 4.78 is 0. The summed E-state index contributed by atoms with van der Waals surface area (Å²) in [5, 5.41) is 3.36. The van der Waals surface area contributed by atoms with Crippen molar-refractivity contribution in [1.82, 2.24) is 10.2 Å². The molecule has 1 N–H and O–H groups in total. The smallest absolute Gasteiger partial charge is 0.240 e. The zero-order chi connectivity index (χ0) is 18.4. The quantitative estimate of drug-likeness (QED) is 0.600. The van der Waals surface area contributed by atoms with E-state index < -0.39 is 0 Å². The molecule has 0 spiro atoms. The number of carbonyl (C=O) groups excluding carboxylic acids is 3. The van der Waals surface area contributed by atoms with E-state index >= 15 is 0 Å². The number of allylic oxidation sites excluding steroid dienone is 1. The first-order valence-corrected chi connectivity index (χ1v) is 9.38. The van der Waals surface area contributed by atoms with Crippen molar-refractivity contribution in [2.24, 2.45) is 5.92 Å². The number of amides is 2. The van der Waals surface area contributed by atoms with Crippen LogP contribution in [0, 0.1) is 12.8 Å². The Bertz CT molecular complexity index is 698. The van der Waals surface area contributed by atoms with Gasteiger partial charge >= 0.3 is 0 Å². The van der Waals surface area contributed by atoms with E-state index in [4.69, 9.17) is 0 Å². The molecule has 1 heterocycles. The molecule has 1 aromatic carbocycles. The van der Waals surface area contributed by atoms with Crippen LogP contribution in [0.4, 0.5) is 0 Å². The zero-order valence-corrected chi connectivity index (χ0v) is 15.7. The molecule has 1 saturated heterocycles. The molecule has 2 rings (SSSR count). The molecule has 1 aliphatic rings. The van der Waals surface area contributed by atoms with Crippen molar-refractivity contribution in [2.45, 2.75) is 27.2 Å². The average Bonchev–Trinajstić information content (AvgIpc) is 2.88. The van der Waals surface area contributed by atoms with Crippen LogP contribution in [0.1, 0.15) is 36.2 Å². The highest BCUT2D eigenvalue weighted by molar-refractivity contribution is 8.04. The van der Waals surface area contributed by atoms with Gasteiger partial charge in [0.1, 0.15) is 6.54 Å². The second-order valence-electron chi connectivity index (χ2n) is 6.46. The van der Waals surface area contributed by atoms with Crippen LogP contribution in [0.3, 0.4) is 0 Å². The van der Waals surface area contributed by atoms with E-state index in [1.807, 2.05) is 25.1 Å². The average molecular weight is 360 g/mol. The van der Waals surface area contributed by atoms with Gasteiger partial charge in [-0.1, -0.05) is 49.9 Å². The molecule has 1 fully saturated rings. The summed E-state index contributed by atoms with van der Waals surface area (Å²) in [7, 11) is 0. The van der Waals surface area contributed by atoms with Gasteiger partial charge < -0.3 is 5.32 Å². The van der Waals surface area contributed by atoms with Gasteiger partial charge in [0, 0.05) is 18.2 Å². The molecule has 0 saturated carbocycles. The number of hydrogen-bond acceptors (Lipinski definition) is 4. The summed E-state index contributed by atoms with van der Waals surface area (Å²) in [4.78, 5) is 38.0. The molecular formula is C19H24N2O3S. The maximum atomic E-state index is 12.5. The van der Waals surface area contributed by atoms with Gasteiger partial charge in [-0.15, -0.1) is 0 Å². The molecule has 0 radical (unpaired) electrons. The maximum absolute atomic E-state index is 12.5. The lowest BCUT2D eigenvalue weighted by Crippen LogP contribution is -2.38. The van der Waals surface area contributed by atoms with Crippen LogP contribution in [0.25, 0.3) is 0 Å². The van der Waals surface area contributed by atoms with Gasteiger partial charge in [-0.25, -0.2) is 0 Å². The number of hydrogen-bond donors (Lipinski definition) is 1. The first-order chi connectivity index (χ1) is 11.9. The van der Waals surface area contributed by atoms with Gasteiger partial charge in [-0.3, -0.25) is 19.3 Å². The molecule has 0 aliphatic carbocycles. The highest BCUT2D eigenvalue weighted by Gasteiger charge is 2.29. The van der Waals surface area contributed by atoms with Crippen LogP contribution in [-0.2, 0) is 9.59 Å². The Labute approximate surface area is 152 Å². The fourth-order valence-electron chi connectivity index (χ4n) is 2.44. The van der Waals surface area contributed by atoms with Gasteiger partial charge in [0.15, 0.2) is 5.78 Å². The molecule has 2 amide bonds. The predicted molar refractivity (Wildman–Crippen MR) is 100 cm³/mol. The lowest BCUT2D eigenvalue weighted by molar-refractivity contribution is -0.131. The van der Waals surface area contributed by atoms with Gasteiger partial charge in [0.25, 0.3) is 0 Å².